The first-order chi connectivity index (χ1) is 9.29. The summed E-state index contributed by atoms with van der Waals surface area (Å²) >= 11 is 1.78. The number of benzene rings is 1. The maximum Gasteiger partial charge on any atom is 0.166 e. The van der Waals surface area contributed by atoms with E-state index in [-0.39, 0.29) is 0 Å². The van der Waals surface area contributed by atoms with E-state index in [0.29, 0.717) is 0 Å². The summed E-state index contributed by atoms with van der Waals surface area (Å²) in [6.07, 6.45) is 1.13. The molecule has 2 aromatic rings. The van der Waals surface area contributed by atoms with Gasteiger partial charge in [0.15, 0.2) is 5.16 Å². The number of aryl methyl sites for hydroxylation is 1. The molecule has 4 nitrogen and oxygen atoms in total. The van der Waals surface area contributed by atoms with Crippen LogP contribution in [-0.4, -0.2) is 42.5 Å². The summed E-state index contributed by atoms with van der Waals surface area (Å²) in [4.78, 5) is 7.93. The maximum atomic E-state index is 4.98. The Morgan fingerprint density at radius 1 is 1.37 bits per heavy atom. The zero-order valence-electron chi connectivity index (χ0n) is 11.5. The standard InChI is InChI=1S/C14H21N3OS/c1-11-4-5-12-13(10-11)17-14(16-12)19-9-3-6-15-7-8-18-2/h4-5,10,15H,3,6-9H2,1-2H3,(H,16,17). The lowest BCUT2D eigenvalue weighted by molar-refractivity contribution is 0.199. The summed E-state index contributed by atoms with van der Waals surface area (Å²) in [6, 6.07) is 6.30. The number of fused-ring (bicyclic) bond motifs is 1. The van der Waals surface area contributed by atoms with Crippen molar-refractivity contribution in [3.8, 4) is 0 Å². The van der Waals surface area contributed by atoms with Gasteiger partial charge in [-0.1, -0.05) is 17.8 Å². The van der Waals surface area contributed by atoms with E-state index in [1.165, 1.54) is 5.56 Å². The minimum absolute atomic E-state index is 0.774. The predicted octanol–water partition coefficient (Wildman–Crippen LogP) is 2.59. The van der Waals surface area contributed by atoms with Crippen molar-refractivity contribution in [3.63, 3.8) is 0 Å². The fourth-order valence-corrected chi connectivity index (χ4v) is 2.66. The zero-order chi connectivity index (χ0) is 13.5. The topological polar surface area (TPSA) is 49.9 Å². The minimum Gasteiger partial charge on any atom is -0.383 e. The molecule has 0 spiro atoms. The molecule has 0 bridgehead atoms. The van der Waals surface area contributed by atoms with Crippen LogP contribution in [0.1, 0.15) is 12.0 Å². The molecule has 0 aliphatic carbocycles. The molecule has 1 heterocycles. The van der Waals surface area contributed by atoms with Gasteiger partial charge in [-0.05, 0) is 37.6 Å². The van der Waals surface area contributed by atoms with Crippen molar-refractivity contribution in [2.24, 2.45) is 0 Å². The molecule has 0 radical (unpaired) electrons. The molecule has 2 rings (SSSR count). The number of nitrogens with zero attached hydrogens (tertiary/aromatic N) is 1. The van der Waals surface area contributed by atoms with Crippen LogP contribution >= 0.6 is 11.8 Å². The summed E-state index contributed by atoms with van der Waals surface area (Å²) in [5.41, 5.74) is 3.43. The molecule has 0 saturated heterocycles. The van der Waals surface area contributed by atoms with Gasteiger partial charge in [0.05, 0.1) is 17.6 Å². The molecule has 5 heteroatoms. The predicted molar refractivity (Wildman–Crippen MR) is 80.9 cm³/mol. The largest absolute Gasteiger partial charge is 0.383 e. The van der Waals surface area contributed by atoms with Crippen LogP contribution in [0.4, 0.5) is 0 Å². The van der Waals surface area contributed by atoms with Crippen LogP contribution in [0, 0.1) is 6.92 Å². The molecule has 0 aliphatic heterocycles. The van der Waals surface area contributed by atoms with Crippen molar-refractivity contribution < 1.29 is 4.74 Å². The Bertz CT molecular complexity index is 512. The fraction of sp³-hybridized carbons (Fsp3) is 0.500. The number of aromatic amines is 1. The lowest BCUT2D eigenvalue weighted by atomic mass is 10.2. The van der Waals surface area contributed by atoms with Gasteiger partial charge >= 0.3 is 0 Å². The number of hydrogen-bond donors (Lipinski definition) is 2. The van der Waals surface area contributed by atoms with Crippen molar-refractivity contribution in [1.29, 1.82) is 0 Å². The summed E-state index contributed by atoms with van der Waals surface area (Å²) < 4.78 is 4.98. The fourth-order valence-electron chi connectivity index (χ4n) is 1.83. The Labute approximate surface area is 118 Å². The van der Waals surface area contributed by atoms with Crippen LogP contribution in [0.15, 0.2) is 23.4 Å². The lowest BCUT2D eigenvalue weighted by Crippen LogP contribution is -2.20. The monoisotopic (exact) mass is 279 g/mol. The molecule has 1 aromatic carbocycles. The third-order valence-corrected chi connectivity index (χ3v) is 3.79. The van der Waals surface area contributed by atoms with E-state index >= 15 is 0 Å². The summed E-state index contributed by atoms with van der Waals surface area (Å²) in [5, 5.41) is 4.35. The summed E-state index contributed by atoms with van der Waals surface area (Å²) in [7, 11) is 1.72. The molecular formula is C14H21N3OS. The second kappa shape index (κ2) is 7.53. The number of methoxy groups -OCH3 is 1. The second-order valence-corrected chi connectivity index (χ2v) is 5.59. The van der Waals surface area contributed by atoms with E-state index in [2.05, 4.69) is 40.4 Å². The van der Waals surface area contributed by atoms with E-state index in [9.17, 15) is 0 Å². The quantitative estimate of drug-likeness (QED) is 0.576. The molecule has 0 aliphatic rings. The summed E-state index contributed by atoms with van der Waals surface area (Å²) in [5.74, 6) is 1.07. The van der Waals surface area contributed by atoms with Gasteiger partial charge in [-0.2, -0.15) is 0 Å². The van der Waals surface area contributed by atoms with E-state index in [0.717, 1.165) is 48.1 Å². The first kappa shape index (κ1) is 14.4. The molecule has 0 unspecified atom stereocenters. The molecular weight excluding hydrogens is 258 g/mol. The van der Waals surface area contributed by atoms with E-state index < -0.39 is 0 Å². The average Bonchev–Trinajstić information content (AvgIpc) is 2.79. The average molecular weight is 279 g/mol. The van der Waals surface area contributed by atoms with Crippen LogP contribution in [0.25, 0.3) is 11.0 Å². The van der Waals surface area contributed by atoms with E-state index in [1.807, 2.05) is 0 Å². The van der Waals surface area contributed by atoms with Crippen LogP contribution in [0.2, 0.25) is 0 Å². The highest BCUT2D eigenvalue weighted by atomic mass is 32.2. The Hall–Kier alpha value is -1.04. The Morgan fingerprint density at radius 2 is 2.26 bits per heavy atom. The molecule has 2 N–H and O–H groups in total. The Kier molecular flexibility index (Phi) is 5.69. The number of imidazole rings is 1. The molecule has 0 atom stereocenters. The van der Waals surface area contributed by atoms with Gasteiger partial charge in [-0.25, -0.2) is 4.98 Å². The normalized spacial score (nSPS) is 11.3. The Balaban J connectivity index is 1.72. The number of rotatable bonds is 8. The van der Waals surface area contributed by atoms with Crippen LogP contribution in [0.5, 0.6) is 0 Å². The number of aromatic nitrogens is 2. The van der Waals surface area contributed by atoms with Crippen molar-refractivity contribution >= 4 is 22.8 Å². The third kappa shape index (κ3) is 4.53. The van der Waals surface area contributed by atoms with Gasteiger partial charge in [0.1, 0.15) is 0 Å². The van der Waals surface area contributed by atoms with Crippen molar-refractivity contribution in [2.75, 3.05) is 32.6 Å². The number of nitrogens with one attached hydrogen (secondary N) is 2. The molecule has 0 saturated carbocycles. The number of ether oxygens (including phenoxy) is 1. The van der Waals surface area contributed by atoms with Gasteiger partial charge in [-0.3, -0.25) is 0 Å². The van der Waals surface area contributed by atoms with Gasteiger partial charge in [0.2, 0.25) is 0 Å². The van der Waals surface area contributed by atoms with Crippen LogP contribution in [-0.2, 0) is 4.74 Å². The minimum atomic E-state index is 0.774. The van der Waals surface area contributed by atoms with E-state index in [1.54, 1.807) is 18.9 Å². The first-order valence-corrected chi connectivity index (χ1v) is 7.57. The van der Waals surface area contributed by atoms with Gasteiger partial charge < -0.3 is 15.0 Å². The maximum absolute atomic E-state index is 4.98. The highest BCUT2D eigenvalue weighted by Gasteiger charge is 2.02. The SMILES string of the molecule is COCCNCCCSc1nc2ccc(C)cc2[nH]1. The van der Waals surface area contributed by atoms with Crippen molar-refractivity contribution in [1.82, 2.24) is 15.3 Å². The molecule has 0 amide bonds. The Morgan fingerprint density at radius 3 is 3.11 bits per heavy atom. The van der Waals surface area contributed by atoms with Crippen molar-refractivity contribution in [3.05, 3.63) is 23.8 Å². The van der Waals surface area contributed by atoms with Crippen molar-refractivity contribution in [2.45, 2.75) is 18.5 Å². The summed E-state index contributed by atoms with van der Waals surface area (Å²) in [6.45, 7) is 4.82. The second-order valence-electron chi connectivity index (χ2n) is 4.51. The molecule has 19 heavy (non-hydrogen) atoms. The number of H-pyrrole nitrogens is 1. The molecule has 1 aromatic heterocycles. The van der Waals surface area contributed by atoms with Crippen LogP contribution in [0.3, 0.4) is 0 Å². The first-order valence-electron chi connectivity index (χ1n) is 6.58. The van der Waals surface area contributed by atoms with Gasteiger partial charge in [0, 0.05) is 19.4 Å². The number of thioether (sulfide) groups is 1. The van der Waals surface area contributed by atoms with Crippen LogP contribution < -0.4 is 5.32 Å². The third-order valence-electron chi connectivity index (χ3n) is 2.84. The highest BCUT2D eigenvalue weighted by Crippen LogP contribution is 2.20. The van der Waals surface area contributed by atoms with Gasteiger partial charge in [-0.15, -0.1) is 0 Å². The smallest absolute Gasteiger partial charge is 0.166 e. The molecule has 0 fully saturated rings. The highest BCUT2D eigenvalue weighted by molar-refractivity contribution is 7.99. The lowest BCUT2D eigenvalue weighted by Gasteiger charge is -2.02. The number of hydrogen-bond acceptors (Lipinski definition) is 4. The zero-order valence-corrected chi connectivity index (χ0v) is 12.3. The molecule has 104 valence electrons. The van der Waals surface area contributed by atoms with Gasteiger partial charge in [0.25, 0.3) is 0 Å². The van der Waals surface area contributed by atoms with E-state index in [4.69, 9.17) is 4.74 Å².